The van der Waals surface area contributed by atoms with Crippen molar-refractivity contribution in [1.29, 1.82) is 0 Å². The SMILES string of the molecule is CC(C)(CP(C)(C)(C)Cl)N(Cl)Cl. The van der Waals surface area contributed by atoms with Gasteiger partial charge in [0.1, 0.15) is 0 Å². The van der Waals surface area contributed by atoms with E-state index in [1.165, 1.54) is 3.94 Å². The molecule has 0 fully saturated rings. The molecule has 0 aromatic rings. The predicted molar refractivity (Wildman–Crippen MR) is 63.0 cm³/mol. The third-order valence-electron chi connectivity index (χ3n) is 1.38. The summed E-state index contributed by atoms with van der Waals surface area (Å²) in [5.74, 6) is -2.05. The Morgan fingerprint density at radius 2 is 1.50 bits per heavy atom. The van der Waals surface area contributed by atoms with E-state index in [2.05, 4.69) is 20.0 Å². The molecule has 0 atom stereocenters. The van der Waals surface area contributed by atoms with Gasteiger partial charge in [0.2, 0.25) is 0 Å². The monoisotopic (exact) mass is 251 g/mol. The van der Waals surface area contributed by atoms with E-state index in [4.69, 9.17) is 34.8 Å². The van der Waals surface area contributed by atoms with Crippen LogP contribution in [0.2, 0.25) is 0 Å². The first-order valence-corrected chi connectivity index (χ1v) is 9.09. The van der Waals surface area contributed by atoms with Crippen LogP contribution in [-0.4, -0.2) is 35.6 Å². The average Bonchev–Trinajstić information content (AvgIpc) is 1.53. The van der Waals surface area contributed by atoms with E-state index in [1.807, 2.05) is 13.8 Å². The summed E-state index contributed by atoms with van der Waals surface area (Å²) < 4.78 is 1.19. The maximum atomic E-state index is 6.40. The number of nitrogens with zero attached hydrogens (tertiary/aromatic N) is 1. The average molecular weight is 253 g/mol. The van der Waals surface area contributed by atoms with Gasteiger partial charge in [0.05, 0.1) is 0 Å². The van der Waals surface area contributed by atoms with Gasteiger partial charge in [-0.15, -0.1) is 0 Å². The first-order valence-electron chi connectivity index (χ1n) is 3.74. The summed E-state index contributed by atoms with van der Waals surface area (Å²) in [6.07, 6.45) is 0.827. The summed E-state index contributed by atoms with van der Waals surface area (Å²) in [7, 11) is 0. The molecule has 0 aliphatic rings. The molecule has 0 amide bonds. The molecule has 0 N–H and O–H groups in total. The van der Waals surface area contributed by atoms with Crippen LogP contribution in [-0.2, 0) is 0 Å². The summed E-state index contributed by atoms with van der Waals surface area (Å²) in [6, 6.07) is 0. The molecule has 0 radical (unpaired) electrons. The van der Waals surface area contributed by atoms with Crippen LogP contribution in [0.5, 0.6) is 0 Å². The van der Waals surface area contributed by atoms with Gasteiger partial charge in [0, 0.05) is 0 Å². The topological polar surface area (TPSA) is 3.24 Å². The van der Waals surface area contributed by atoms with Crippen molar-refractivity contribution in [3.63, 3.8) is 0 Å². The molecule has 0 saturated heterocycles. The zero-order valence-corrected chi connectivity index (χ0v) is 11.4. The summed E-state index contributed by atoms with van der Waals surface area (Å²) in [5, 5.41) is 0. The maximum absolute atomic E-state index is 6.40. The van der Waals surface area contributed by atoms with Crippen LogP contribution in [0.1, 0.15) is 13.8 Å². The van der Waals surface area contributed by atoms with Gasteiger partial charge in [-0.25, -0.2) is 0 Å². The van der Waals surface area contributed by atoms with E-state index in [0.29, 0.717) is 0 Å². The molecule has 76 valence electrons. The molecule has 0 rings (SSSR count). The Morgan fingerprint density at radius 3 is 1.58 bits per heavy atom. The molecule has 0 aliphatic carbocycles. The van der Waals surface area contributed by atoms with Crippen molar-refractivity contribution in [2.45, 2.75) is 19.4 Å². The van der Waals surface area contributed by atoms with Crippen LogP contribution < -0.4 is 0 Å². The fraction of sp³-hybridized carbons (Fsp3) is 1.00. The number of hydrogen-bond acceptors (Lipinski definition) is 1. The Morgan fingerprint density at radius 1 is 1.17 bits per heavy atom. The van der Waals surface area contributed by atoms with Crippen LogP contribution in [0.15, 0.2) is 0 Å². The van der Waals surface area contributed by atoms with E-state index in [0.717, 1.165) is 6.16 Å². The van der Waals surface area contributed by atoms with Crippen molar-refractivity contribution in [1.82, 2.24) is 3.94 Å². The van der Waals surface area contributed by atoms with Gasteiger partial charge in [0.15, 0.2) is 0 Å². The fourth-order valence-corrected chi connectivity index (χ4v) is 5.28. The summed E-state index contributed by atoms with van der Waals surface area (Å²) in [4.78, 5) is 0. The number of halogens is 3. The van der Waals surface area contributed by atoms with Crippen molar-refractivity contribution < 1.29 is 0 Å². The van der Waals surface area contributed by atoms with E-state index in [1.54, 1.807) is 0 Å². The molecule has 0 aromatic carbocycles. The van der Waals surface area contributed by atoms with Crippen LogP contribution in [0.4, 0.5) is 0 Å². The van der Waals surface area contributed by atoms with Gasteiger partial charge >= 0.3 is 90.2 Å². The molecule has 0 aliphatic heterocycles. The van der Waals surface area contributed by atoms with Crippen molar-refractivity contribution in [3.8, 4) is 0 Å². The third-order valence-corrected chi connectivity index (χ3v) is 4.49. The van der Waals surface area contributed by atoms with E-state index >= 15 is 0 Å². The summed E-state index contributed by atoms with van der Waals surface area (Å²) in [6.45, 7) is 10.2. The Labute approximate surface area is 90.3 Å². The zero-order valence-electron chi connectivity index (χ0n) is 8.24. The molecule has 0 bridgehead atoms. The number of rotatable bonds is 3. The second kappa shape index (κ2) is 3.44. The minimum absolute atomic E-state index is 0.263. The zero-order chi connectivity index (χ0) is 10.2. The van der Waals surface area contributed by atoms with E-state index < -0.39 is 5.96 Å². The fourth-order valence-electron chi connectivity index (χ4n) is 1.36. The number of hydrogen-bond donors (Lipinski definition) is 0. The van der Waals surface area contributed by atoms with Gasteiger partial charge in [0.25, 0.3) is 0 Å². The Bertz CT molecular complexity index is 162. The van der Waals surface area contributed by atoms with Gasteiger partial charge in [-0.3, -0.25) is 0 Å². The minimum atomic E-state index is -2.05. The molecule has 5 heteroatoms. The second-order valence-electron chi connectivity index (χ2n) is 5.12. The molecule has 0 unspecified atom stereocenters. The normalized spacial score (nSPS) is 17.6. The molecule has 12 heavy (non-hydrogen) atoms. The van der Waals surface area contributed by atoms with Gasteiger partial charge in [-0.2, -0.15) is 0 Å². The third kappa shape index (κ3) is 5.83. The Hall–Kier alpha value is 1.26. The van der Waals surface area contributed by atoms with Crippen molar-refractivity contribution in [2.24, 2.45) is 0 Å². The first kappa shape index (κ1) is 13.3. The van der Waals surface area contributed by atoms with Crippen LogP contribution in [0.3, 0.4) is 0 Å². The molecule has 0 aromatic heterocycles. The van der Waals surface area contributed by atoms with Crippen molar-refractivity contribution in [2.75, 3.05) is 26.2 Å². The van der Waals surface area contributed by atoms with Crippen LogP contribution in [0.25, 0.3) is 0 Å². The van der Waals surface area contributed by atoms with E-state index in [9.17, 15) is 0 Å². The standard InChI is InChI=1S/C7H17Cl3NP/c1-7(2,11(8)9)6-12(3,4,5)10/h6H2,1-5H3. The summed E-state index contributed by atoms with van der Waals surface area (Å²) >= 11 is 17.8. The molecule has 0 saturated carbocycles. The van der Waals surface area contributed by atoms with Crippen LogP contribution >= 0.6 is 40.8 Å². The van der Waals surface area contributed by atoms with E-state index in [-0.39, 0.29) is 5.54 Å². The van der Waals surface area contributed by atoms with Crippen molar-refractivity contribution in [3.05, 3.63) is 0 Å². The first-order chi connectivity index (χ1) is 4.90. The molecule has 0 heterocycles. The van der Waals surface area contributed by atoms with Gasteiger partial charge in [-0.05, 0) is 0 Å². The van der Waals surface area contributed by atoms with Gasteiger partial charge < -0.3 is 0 Å². The van der Waals surface area contributed by atoms with Gasteiger partial charge in [-0.1, -0.05) is 0 Å². The van der Waals surface area contributed by atoms with Crippen LogP contribution in [0, 0.1) is 0 Å². The van der Waals surface area contributed by atoms with Crippen molar-refractivity contribution >= 4 is 40.8 Å². The molecule has 0 spiro atoms. The molecular formula is C7H17Cl3NP. The Balaban J connectivity index is 4.47. The Kier molecular flexibility index (Phi) is 3.80. The summed E-state index contributed by atoms with van der Waals surface area (Å²) in [5.41, 5.74) is -0.263. The second-order valence-corrected chi connectivity index (χ2v) is 15.9. The molecular weight excluding hydrogens is 235 g/mol. The predicted octanol–water partition coefficient (Wildman–Crippen LogP) is 3.97. The quantitative estimate of drug-likeness (QED) is 0.543. The molecule has 1 nitrogen and oxygen atoms in total.